The number of alkyl halides is 6. The van der Waals surface area contributed by atoms with Crippen LogP contribution in [0.3, 0.4) is 0 Å². The molecule has 1 fully saturated rings. The number of amides is 2. The van der Waals surface area contributed by atoms with Crippen molar-refractivity contribution in [3.63, 3.8) is 0 Å². The smallest absolute Gasteiger partial charge is 0.475 e. The highest BCUT2D eigenvalue weighted by molar-refractivity contribution is 7.15. The Hall–Kier alpha value is -2.75. The Labute approximate surface area is 187 Å². The molecule has 186 valence electrons. The van der Waals surface area contributed by atoms with Crippen molar-refractivity contribution in [3.05, 3.63) is 17.2 Å². The van der Waals surface area contributed by atoms with Crippen LogP contribution in [0.5, 0.6) is 0 Å². The van der Waals surface area contributed by atoms with E-state index in [1.54, 1.807) is 0 Å². The fraction of sp³-hybridized carbons (Fsp3) is 0.588. The second-order valence-corrected chi connectivity index (χ2v) is 8.08. The molecule has 0 spiro atoms. The number of aromatic nitrogens is 2. The van der Waals surface area contributed by atoms with E-state index in [-0.39, 0.29) is 40.4 Å². The molecule has 2 atom stereocenters. The minimum absolute atomic E-state index is 0.133. The Balaban J connectivity index is 0.000000675. The van der Waals surface area contributed by atoms with E-state index in [9.17, 15) is 35.9 Å². The second-order valence-electron chi connectivity index (χ2n) is 7.10. The van der Waals surface area contributed by atoms with Crippen LogP contribution in [-0.4, -0.2) is 57.9 Å². The third-order valence-electron chi connectivity index (χ3n) is 3.81. The fourth-order valence-electron chi connectivity index (χ4n) is 2.23. The summed E-state index contributed by atoms with van der Waals surface area (Å²) in [7, 11) is 0. The van der Waals surface area contributed by atoms with Crippen molar-refractivity contribution in [1.29, 1.82) is 0 Å². The number of halogens is 6. The standard InChI is InChI=1S/C15H20F3N5O2S.C2HF3O2/c1-8(2)7-9(20-12(25)10-5-6-19-10)3-4-11(24)21-14-23-22-13(26-14)15(16,17)18;3-2(4,5)1(6)7/h3-4,8-10,19H,5-7H2,1-2H3,(H,20,25)(H,21,23,24);(H,6,7)/b4-3+;/t9-,10+;/m1./s1. The minimum atomic E-state index is -5.08. The van der Waals surface area contributed by atoms with Crippen LogP contribution in [0.4, 0.5) is 31.5 Å². The lowest BCUT2D eigenvalue weighted by molar-refractivity contribution is -0.192. The van der Waals surface area contributed by atoms with Crippen LogP contribution in [0.15, 0.2) is 12.2 Å². The van der Waals surface area contributed by atoms with Crippen LogP contribution < -0.4 is 16.0 Å². The molecule has 2 amide bonds. The van der Waals surface area contributed by atoms with E-state index in [2.05, 4.69) is 26.1 Å². The van der Waals surface area contributed by atoms with Crippen molar-refractivity contribution >= 4 is 34.3 Å². The average molecular weight is 505 g/mol. The number of carbonyl (C=O) groups is 3. The van der Waals surface area contributed by atoms with Crippen molar-refractivity contribution in [1.82, 2.24) is 20.8 Å². The zero-order valence-corrected chi connectivity index (χ0v) is 18.1. The highest BCUT2D eigenvalue weighted by atomic mass is 32.1. The summed E-state index contributed by atoms with van der Waals surface area (Å²) in [5, 5.41) is 20.1. The molecule has 2 rings (SSSR count). The first-order chi connectivity index (χ1) is 15.1. The maximum atomic E-state index is 12.5. The first-order valence-electron chi connectivity index (χ1n) is 9.33. The summed E-state index contributed by atoms with van der Waals surface area (Å²) in [5.74, 6) is -3.25. The van der Waals surface area contributed by atoms with E-state index < -0.39 is 29.2 Å². The highest BCUT2D eigenvalue weighted by Gasteiger charge is 2.38. The molecule has 9 nitrogen and oxygen atoms in total. The summed E-state index contributed by atoms with van der Waals surface area (Å²) >= 11 is 0.247. The fourth-order valence-corrected chi connectivity index (χ4v) is 2.84. The van der Waals surface area contributed by atoms with Gasteiger partial charge in [0.05, 0.1) is 6.04 Å². The number of nitrogens with one attached hydrogen (secondary N) is 3. The number of carboxylic acid groups (broad SMARTS) is 1. The third kappa shape index (κ3) is 10.6. The summed E-state index contributed by atoms with van der Waals surface area (Å²) in [5.41, 5.74) is 0. The van der Waals surface area contributed by atoms with E-state index in [1.807, 2.05) is 13.8 Å². The van der Waals surface area contributed by atoms with Crippen LogP contribution >= 0.6 is 11.3 Å². The SMILES string of the molecule is CC(C)C[C@@H](/C=C/C(=O)Nc1nnc(C(F)(F)F)s1)NC(=O)[C@@H]1CCN1.O=C(O)C(F)(F)F. The van der Waals surface area contributed by atoms with E-state index in [0.29, 0.717) is 6.42 Å². The largest absolute Gasteiger partial charge is 0.490 e. The third-order valence-corrected chi connectivity index (χ3v) is 4.70. The second kappa shape index (κ2) is 11.9. The molecular formula is C17H21F6N5O4S. The van der Waals surface area contributed by atoms with Gasteiger partial charge >= 0.3 is 18.3 Å². The van der Waals surface area contributed by atoms with Crippen LogP contribution in [0.2, 0.25) is 0 Å². The lowest BCUT2D eigenvalue weighted by Crippen LogP contribution is -2.55. The maximum absolute atomic E-state index is 12.5. The molecule has 0 radical (unpaired) electrons. The van der Waals surface area contributed by atoms with Gasteiger partial charge in [-0.2, -0.15) is 26.3 Å². The molecule has 1 aliphatic heterocycles. The predicted octanol–water partition coefficient (Wildman–Crippen LogP) is 2.58. The number of carboxylic acids is 1. The number of rotatable bonds is 7. The summed E-state index contributed by atoms with van der Waals surface area (Å²) in [4.78, 5) is 32.8. The number of anilines is 1. The number of hydrogen-bond donors (Lipinski definition) is 4. The van der Waals surface area contributed by atoms with Crippen LogP contribution in [-0.2, 0) is 20.6 Å². The Bertz CT molecular complexity index is 852. The zero-order chi connectivity index (χ0) is 25.4. The zero-order valence-electron chi connectivity index (χ0n) is 17.3. The van der Waals surface area contributed by atoms with Gasteiger partial charge in [-0.15, -0.1) is 10.2 Å². The summed E-state index contributed by atoms with van der Waals surface area (Å²) in [6.45, 7) is 4.76. The topological polar surface area (TPSA) is 133 Å². The molecule has 0 unspecified atom stereocenters. The van der Waals surface area contributed by atoms with Crippen LogP contribution in [0.25, 0.3) is 0 Å². The van der Waals surface area contributed by atoms with Crippen molar-refractivity contribution in [3.8, 4) is 0 Å². The van der Waals surface area contributed by atoms with Crippen molar-refractivity contribution < 1.29 is 45.8 Å². The Morgan fingerprint density at radius 2 is 1.79 bits per heavy atom. The summed E-state index contributed by atoms with van der Waals surface area (Å²) < 4.78 is 69.1. The van der Waals surface area contributed by atoms with E-state index >= 15 is 0 Å². The van der Waals surface area contributed by atoms with Crippen molar-refractivity contribution in [2.75, 3.05) is 11.9 Å². The molecule has 0 saturated carbocycles. The number of carbonyl (C=O) groups excluding carboxylic acids is 2. The summed E-state index contributed by atoms with van der Waals surface area (Å²) in [6.07, 6.45) is -5.59. The quantitative estimate of drug-likeness (QED) is 0.331. The Morgan fingerprint density at radius 3 is 2.18 bits per heavy atom. The monoisotopic (exact) mass is 505 g/mol. The molecule has 16 heteroatoms. The van der Waals surface area contributed by atoms with Gasteiger partial charge in [-0.3, -0.25) is 14.9 Å². The van der Waals surface area contributed by atoms with Gasteiger partial charge in [-0.1, -0.05) is 31.3 Å². The van der Waals surface area contributed by atoms with Gasteiger partial charge in [0.25, 0.3) is 0 Å². The molecule has 4 N–H and O–H groups in total. The van der Waals surface area contributed by atoms with E-state index in [4.69, 9.17) is 9.90 Å². The molecule has 0 bridgehead atoms. The van der Waals surface area contributed by atoms with E-state index in [1.165, 1.54) is 12.2 Å². The molecule has 1 aromatic heterocycles. The van der Waals surface area contributed by atoms with Gasteiger partial charge in [-0.05, 0) is 25.3 Å². The highest BCUT2D eigenvalue weighted by Crippen LogP contribution is 2.32. The molecule has 0 aromatic carbocycles. The Morgan fingerprint density at radius 1 is 1.21 bits per heavy atom. The lowest BCUT2D eigenvalue weighted by Gasteiger charge is -2.28. The minimum Gasteiger partial charge on any atom is -0.475 e. The first-order valence-corrected chi connectivity index (χ1v) is 10.1. The van der Waals surface area contributed by atoms with Crippen molar-refractivity contribution in [2.24, 2.45) is 5.92 Å². The number of hydrogen-bond acceptors (Lipinski definition) is 7. The molecule has 2 heterocycles. The van der Waals surface area contributed by atoms with Crippen LogP contribution in [0, 0.1) is 5.92 Å². The molecular weight excluding hydrogens is 484 g/mol. The molecule has 1 aliphatic rings. The van der Waals surface area contributed by atoms with Crippen LogP contribution in [0.1, 0.15) is 31.7 Å². The molecule has 33 heavy (non-hydrogen) atoms. The normalized spacial score (nSPS) is 17.1. The first kappa shape index (κ1) is 28.3. The lowest BCUT2D eigenvalue weighted by atomic mass is 10.0. The summed E-state index contributed by atoms with van der Waals surface area (Å²) in [6, 6.07) is -0.565. The van der Waals surface area contributed by atoms with Crippen molar-refractivity contribution in [2.45, 2.75) is 51.1 Å². The molecule has 1 saturated heterocycles. The maximum Gasteiger partial charge on any atom is 0.490 e. The number of aliphatic carboxylic acids is 1. The van der Waals surface area contributed by atoms with Gasteiger partial charge in [0.15, 0.2) is 0 Å². The van der Waals surface area contributed by atoms with Gasteiger partial charge in [-0.25, -0.2) is 4.79 Å². The van der Waals surface area contributed by atoms with E-state index in [0.717, 1.165) is 13.0 Å². The predicted molar refractivity (Wildman–Crippen MR) is 104 cm³/mol. The van der Waals surface area contributed by atoms with Gasteiger partial charge < -0.3 is 15.7 Å². The number of nitrogens with zero attached hydrogens (tertiary/aromatic N) is 2. The molecule has 1 aromatic rings. The van der Waals surface area contributed by atoms with Gasteiger partial charge in [0, 0.05) is 12.1 Å². The van der Waals surface area contributed by atoms with Gasteiger partial charge in [0.2, 0.25) is 22.0 Å². The average Bonchev–Trinajstić information content (AvgIpc) is 3.06. The molecule has 0 aliphatic carbocycles. The Kier molecular flexibility index (Phi) is 10.2. The van der Waals surface area contributed by atoms with Gasteiger partial charge in [0.1, 0.15) is 0 Å².